The molecule has 3 atom stereocenters. The molecular weight excluding hydrogens is 347 g/mol. The Morgan fingerprint density at radius 3 is 2.44 bits per heavy atom. The molecule has 0 spiro atoms. The molecule has 0 aromatic heterocycles. The number of nitrogens with two attached hydrogens (primary N) is 1. The number of halogens is 2. The van der Waals surface area contributed by atoms with E-state index >= 15 is 0 Å². The summed E-state index contributed by atoms with van der Waals surface area (Å²) in [5.74, 6) is -0.180. The molecule has 1 unspecified atom stereocenters. The van der Waals surface area contributed by atoms with Gasteiger partial charge in [0.15, 0.2) is 0 Å². The van der Waals surface area contributed by atoms with E-state index in [4.69, 9.17) is 10.5 Å². The van der Waals surface area contributed by atoms with Crippen molar-refractivity contribution in [3.8, 4) is 0 Å². The lowest BCUT2D eigenvalue weighted by Gasteiger charge is -2.35. The van der Waals surface area contributed by atoms with E-state index in [-0.39, 0.29) is 42.3 Å². The van der Waals surface area contributed by atoms with E-state index in [0.717, 1.165) is 31.2 Å². The molecule has 5 nitrogen and oxygen atoms in total. The van der Waals surface area contributed by atoms with E-state index in [9.17, 15) is 14.3 Å². The molecule has 7 heteroatoms. The Hall–Kier alpha value is -1.21. The predicted molar refractivity (Wildman–Crippen MR) is 94.9 cm³/mol. The molecule has 1 aromatic rings. The van der Waals surface area contributed by atoms with Crippen molar-refractivity contribution in [1.82, 2.24) is 4.90 Å². The number of likely N-dealkylation sites (tertiary alicyclic amines) is 1. The maximum atomic E-state index is 13.0. The Morgan fingerprint density at radius 1 is 1.24 bits per heavy atom. The topological polar surface area (TPSA) is 75.8 Å². The van der Waals surface area contributed by atoms with Crippen molar-refractivity contribution < 1.29 is 19.0 Å². The number of piperidine rings is 1. The van der Waals surface area contributed by atoms with Gasteiger partial charge in [0.2, 0.25) is 0 Å². The minimum absolute atomic E-state index is 0. The van der Waals surface area contributed by atoms with Crippen LogP contribution in [0.4, 0.5) is 4.39 Å². The van der Waals surface area contributed by atoms with Gasteiger partial charge in [0, 0.05) is 19.6 Å². The van der Waals surface area contributed by atoms with Crippen molar-refractivity contribution in [2.24, 2.45) is 11.7 Å². The van der Waals surface area contributed by atoms with Gasteiger partial charge in [0.25, 0.3) is 5.91 Å². The Bertz CT molecular complexity index is 564. The van der Waals surface area contributed by atoms with E-state index in [1.165, 1.54) is 12.1 Å². The number of carbonyl (C=O) groups excluding carboxylic acids is 1. The lowest BCUT2D eigenvalue weighted by Crippen LogP contribution is -2.44. The Balaban J connectivity index is 0.00000225. The van der Waals surface area contributed by atoms with Crippen LogP contribution in [0.3, 0.4) is 0 Å². The first-order valence-corrected chi connectivity index (χ1v) is 8.66. The van der Waals surface area contributed by atoms with Gasteiger partial charge in [-0.2, -0.15) is 0 Å². The first kappa shape index (κ1) is 20.1. The standard InChI is InChI=1S/C18H25FN2O3.ClH/c19-14-3-1-12(2-4-14)17(22)13-7-9-21(10-8-13)18(23)16-6-5-15(11-20)24-16;/h1-4,13,15-17,22H,5-11,20H2;1H/t15-,16+,17?;/m1./s1. The van der Waals surface area contributed by atoms with Crippen LogP contribution < -0.4 is 5.73 Å². The normalized spacial score (nSPS) is 25.5. The number of nitrogens with zero attached hydrogens (tertiary/aromatic N) is 1. The van der Waals surface area contributed by atoms with Gasteiger partial charge in [-0.3, -0.25) is 4.79 Å². The molecule has 0 saturated carbocycles. The van der Waals surface area contributed by atoms with E-state index in [2.05, 4.69) is 0 Å². The Kier molecular flexibility index (Phi) is 7.19. The number of aliphatic hydroxyl groups is 1. The van der Waals surface area contributed by atoms with Crippen LogP contribution in [0.25, 0.3) is 0 Å². The van der Waals surface area contributed by atoms with E-state index in [1.54, 1.807) is 12.1 Å². The average Bonchev–Trinajstić information content (AvgIpc) is 3.10. The minimum Gasteiger partial charge on any atom is -0.388 e. The molecule has 2 fully saturated rings. The third-order valence-electron chi connectivity index (χ3n) is 5.16. The minimum atomic E-state index is -0.618. The highest BCUT2D eigenvalue weighted by Gasteiger charge is 2.35. The summed E-state index contributed by atoms with van der Waals surface area (Å²) < 4.78 is 18.7. The highest BCUT2D eigenvalue weighted by atomic mass is 35.5. The number of hydrogen-bond donors (Lipinski definition) is 2. The van der Waals surface area contributed by atoms with Crippen molar-refractivity contribution in [2.75, 3.05) is 19.6 Å². The predicted octanol–water partition coefficient (Wildman–Crippen LogP) is 2.03. The number of rotatable bonds is 4. The molecule has 3 rings (SSSR count). The molecule has 140 valence electrons. The maximum absolute atomic E-state index is 13.0. The molecule has 0 aliphatic carbocycles. The van der Waals surface area contributed by atoms with E-state index in [1.807, 2.05) is 4.90 Å². The fraction of sp³-hybridized carbons (Fsp3) is 0.611. The van der Waals surface area contributed by atoms with Crippen LogP contribution in [-0.2, 0) is 9.53 Å². The van der Waals surface area contributed by atoms with Gasteiger partial charge in [-0.05, 0) is 49.3 Å². The molecule has 3 N–H and O–H groups in total. The largest absolute Gasteiger partial charge is 0.388 e. The summed E-state index contributed by atoms with van der Waals surface area (Å²) in [7, 11) is 0. The van der Waals surface area contributed by atoms with Gasteiger partial charge in [0.1, 0.15) is 11.9 Å². The third-order valence-corrected chi connectivity index (χ3v) is 5.16. The fourth-order valence-corrected chi connectivity index (χ4v) is 3.63. The average molecular weight is 373 g/mol. The third kappa shape index (κ3) is 4.70. The molecule has 1 amide bonds. The van der Waals surface area contributed by atoms with Crippen LogP contribution in [0.15, 0.2) is 24.3 Å². The first-order valence-electron chi connectivity index (χ1n) is 8.66. The maximum Gasteiger partial charge on any atom is 0.251 e. The van der Waals surface area contributed by atoms with E-state index in [0.29, 0.717) is 19.6 Å². The number of carbonyl (C=O) groups is 1. The van der Waals surface area contributed by atoms with Crippen LogP contribution in [0, 0.1) is 11.7 Å². The summed E-state index contributed by atoms with van der Waals surface area (Å²) in [6.45, 7) is 1.69. The zero-order valence-electron chi connectivity index (χ0n) is 14.1. The number of amides is 1. The summed E-state index contributed by atoms with van der Waals surface area (Å²) >= 11 is 0. The molecular formula is C18H26ClFN2O3. The molecule has 1 aromatic carbocycles. The fourth-order valence-electron chi connectivity index (χ4n) is 3.63. The molecule has 0 radical (unpaired) electrons. The van der Waals surface area contributed by atoms with Crippen molar-refractivity contribution in [3.05, 3.63) is 35.6 Å². The second kappa shape index (κ2) is 8.94. The summed E-state index contributed by atoms with van der Waals surface area (Å²) in [6, 6.07) is 5.97. The summed E-state index contributed by atoms with van der Waals surface area (Å²) in [5.41, 5.74) is 6.32. The van der Waals surface area contributed by atoms with Crippen molar-refractivity contribution in [3.63, 3.8) is 0 Å². The summed E-state index contributed by atoms with van der Waals surface area (Å²) in [4.78, 5) is 14.3. The first-order chi connectivity index (χ1) is 11.6. The Morgan fingerprint density at radius 2 is 1.88 bits per heavy atom. The monoisotopic (exact) mass is 372 g/mol. The number of aliphatic hydroxyl groups excluding tert-OH is 1. The highest BCUT2D eigenvalue weighted by Crippen LogP contribution is 2.31. The van der Waals surface area contributed by atoms with Gasteiger partial charge in [0.05, 0.1) is 12.2 Å². The van der Waals surface area contributed by atoms with E-state index < -0.39 is 6.10 Å². The van der Waals surface area contributed by atoms with Gasteiger partial charge < -0.3 is 20.5 Å². The Labute approximate surface area is 153 Å². The number of benzene rings is 1. The van der Waals surface area contributed by atoms with Crippen LogP contribution in [0.2, 0.25) is 0 Å². The van der Waals surface area contributed by atoms with Crippen LogP contribution in [0.1, 0.15) is 37.4 Å². The zero-order chi connectivity index (χ0) is 17.1. The number of ether oxygens (including phenoxy) is 1. The van der Waals surface area contributed by atoms with Crippen molar-refractivity contribution >= 4 is 18.3 Å². The van der Waals surface area contributed by atoms with Crippen LogP contribution in [-0.4, -0.2) is 47.8 Å². The second-order valence-electron chi connectivity index (χ2n) is 6.72. The van der Waals surface area contributed by atoms with Crippen molar-refractivity contribution in [2.45, 2.75) is 44.0 Å². The molecule has 2 aliphatic rings. The SMILES string of the molecule is Cl.NC[C@H]1CC[C@@H](C(=O)N2CCC(C(O)c3ccc(F)cc3)CC2)O1. The smallest absolute Gasteiger partial charge is 0.251 e. The number of hydrogen-bond acceptors (Lipinski definition) is 4. The van der Waals surface area contributed by atoms with Crippen LogP contribution in [0.5, 0.6) is 0 Å². The lowest BCUT2D eigenvalue weighted by atomic mass is 9.87. The van der Waals surface area contributed by atoms with Gasteiger partial charge in [-0.15, -0.1) is 12.4 Å². The quantitative estimate of drug-likeness (QED) is 0.847. The summed E-state index contributed by atoms with van der Waals surface area (Å²) in [5, 5.41) is 10.5. The highest BCUT2D eigenvalue weighted by molar-refractivity contribution is 5.85. The van der Waals surface area contributed by atoms with Gasteiger partial charge >= 0.3 is 0 Å². The molecule has 2 heterocycles. The molecule has 2 aliphatic heterocycles. The zero-order valence-corrected chi connectivity index (χ0v) is 15.0. The summed E-state index contributed by atoms with van der Waals surface area (Å²) in [6.07, 6.45) is 2.06. The second-order valence-corrected chi connectivity index (χ2v) is 6.72. The van der Waals surface area contributed by atoms with Crippen LogP contribution >= 0.6 is 12.4 Å². The molecule has 25 heavy (non-hydrogen) atoms. The molecule has 2 saturated heterocycles. The lowest BCUT2D eigenvalue weighted by molar-refractivity contribution is -0.144. The molecule has 0 bridgehead atoms. The van der Waals surface area contributed by atoms with Gasteiger partial charge in [-0.25, -0.2) is 4.39 Å². The van der Waals surface area contributed by atoms with Gasteiger partial charge in [-0.1, -0.05) is 12.1 Å². The van der Waals surface area contributed by atoms with Crippen molar-refractivity contribution in [1.29, 1.82) is 0 Å².